The fourth-order valence-corrected chi connectivity index (χ4v) is 6.05. The van der Waals surface area contributed by atoms with Crippen molar-refractivity contribution < 1.29 is 9.90 Å². The molecule has 1 unspecified atom stereocenters. The van der Waals surface area contributed by atoms with E-state index in [0.717, 1.165) is 71.0 Å². The molecule has 2 aliphatic heterocycles. The van der Waals surface area contributed by atoms with E-state index < -0.39 is 0 Å². The zero-order valence-electron chi connectivity index (χ0n) is 17.5. The van der Waals surface area contributed by atoms with Gasteiger partial charge in [0.15, 0.2) is 0 Å². The molecule has 3 fully saturated rings. The van der Waals surface area contributed by atoms with Crippen LogP contribution >= 0.6 is 0 Å². The fourth-order valence-electron chi connectivity index (χ4n) is 6.05. The normalized spacial score (nSPS) is 31.2. The Kier molecular flexibility index (Phi) is 4.91. The molecule has 1 N–H and O–H groups in total. The molecule has 1 atom stereocenters. The lowest BCUT2D eigenvalue weighted by atomic mass is 9.82. The molecule has 1 aromatic heterocycles. The van der Waals surface area contributed by atoms with E-state index in [2.05, 4.69) is 51.9 Å². The summed E-state index contributed by atoms with van der Waals surface area (Å²) in [6.07, 6.45) is 9.69. The van der Waals surface area contributed by atoms with Crippen LogP contribution in [0.15, 0.2) is 30.5 Å². The largest absolute Gasteiger partial charge is 0.393 e. The van der Waals surface area contributed by atoms with Crippen LogP contribution in [0.3, 0.4) is 0 Å². The van der Waals surface area contributed by atoms with Crippen molar-refractivity contribution in [3.8, 4) is 0 Å². The van der Waals surface area contributed by atoms with Crippen molar-refractivity contribution in [2.24, 2.45) is 7.05 Å². The lowest BCUT2D eigenvalue weighted by molar-refractivity contribution is -0.152. The number of piperidine rings is 1. The first-order valence-corrected chi connectivity index (χ1v) is 11.3. The van der Waals surface area contributed by atoms with Crippen LogP contribution in [0.25, 0.3) is 10.9 Å². The van der Waals surface area contributed by atoms with E-state index in [-0.39, 0.29) is 11.6 Å². The smallest absolute Gasteiger partial charge is 0.243 e. The number of hydrogen-bond donors (Lipinski definition) is 1. The van der Waals surface area contributed by atoms with Gasteiger partial charge in [-0.3, -0.25) is 9.69 Å². The van der Waals surface area contributed by atoms with Crippen LogP contribution in [0.5, 0.6) is 0 Å². The monoisotopic (exact) mass is 395 g/mol. The number of rotatable bonds is 3. The third-order valence-corrected chi connectivity index (χ3v) is 7.71. The summed E-state index contributed by atoms with van der Waals surface area (Å²) < 4.78 is 2.17. The van der Waals surface area contributed by atoms with Gasteiger partial charge in [0.1, 0.15) is 5.54 Å². The minimum absolute atomic E-state index is 0.171. The summed E-state index contributed by atoms with van der Waals surface area (Å²) in [5, 5.41) is 11.1. The van der Waals surface area contributed by atoms with Crippen LogP contribution in [-0.4, -0.2) is 56.2 Å². The van der Waals surface area contributed by atoms with Crippen molar-refractivity contribution in [3.05, 3.63) is 36.0 Å². The Labute approximate surface area is 173 Å². The summed E-state index contributed by atoms with van der Waals surface area (Å²) in [6.45, 7) is 2.75. The molecule has 5 heteroatoms. The molecule has 1 amide bonds. The molecular weight excluding hydrogens is 362 g/mol. The number of nitrogens with zero attached hydrogens (tertiary/aromatic N) is 3. The van der Waals surface area contributed by atoms with E-state index in [1.54, 1.807) is 0 Å². The summed E-state index contributed by atoms with van der Waals surface area (Å²) >= 11 is 0. The molecule has 0 radical (unpaired) electrons. The first kappa shape index (κ1) is 19.1. The summed E-state index contributed by atoms with van der Waals surface area (Å²) in [5.74, 6) is 0.364. The zero-order valence-corrected chi connectivity index (χ0v) is 17.5. The SMILES string of the molecule is Cn1ccc2ccc(CN3CCCC34CCCN(C3CCC(O)CC3)C4=O)cc21. The van der Waals surface area contributed by atoms with Gasteiger partial charge in [0.25, 0.3) is 0 Å². The molecule has 5 rings (SSSR count). The minimum atomic E-state index is -0.308. The number of aryl methyl sites for hydroxylation is 1. The summed E-state index contributed by atoms with van der Waals surface area (Å²) in [4.78, 5) is 18.4. The molecule has 1 spiro atoms. The summed E-state index contributed by atoms with van der Waals surface area (Å²) in [6, 6.07) is 9.19. The first-order chi connectivity index (χ1) is 14.1. The van der Waals surface area contributed by atoms with E-state index >= 15 is 0 Å². The van der Waals surface area contributed by atoms with Crippen LogP contribution < -0.4 is 0 Å². The van der Waals surface area contributed by atoms with Gasteiger partial charge in [0, 0.05) is 37.9 Å². The molecular formula is C24H33N3O2. The van der Waals surface area contributed by atoms with Crippen molar-refractivity contribution in [1.82, 2.24) is 14.4 Å². The maximum atomic E-state index is 13.8. The van der Waals surface area contributed by atoms with E-state index in [0.29, 0.717) is 11.9 Å². The van der Waals surface area contributed by atoms with Crippen molar-refractivity contribution >= 4 is 16.8 Å². The third-order valence-electron chi connectivity index (χ3n) is 7.71. The van der Waals surface area contributed by atoms with Gasteiger partial charge in [-0.25, -0.2) is 0 Å². The second-order valence-corrected chi connectivity index (χ2v) is 9.44. The quantitative estimate of drug-likeness (QED) is 0.866. The molecule has 0 bridgehead atoms. The molecule has 3 heterocycles. The van der Waals surface area contributed by atoms with E-state index in [1.807, 2.05) is 0 Å². The predicted octanol–water partition coefficient (Wildman–Crippen LogP) is 3.44. The highest BCUT2D eigenvalue weighted by Crippen LogP contribution is 2.41. The highest BCUT2D eigenvalue weighted by Gasteiger charge is 2.51. The topological polar surface area (TPSA) is 48.7 Å². The van der Waals surface area contributed by atoms with Crippen LogP contribution in [0.4, 0.5) is 0 Å². The van der Waals surface area contributed by atoms with Crippen molar-refractivity contribution in [1.29, 1.82) is 0 Å². The van der Waals surface area contributed by atoms with Gasteiger partial charge in [-0.1, -0.05) is 12.1 Å². The lowest BCUT2D eigenvalue weighted by Gasteiger charge is -2.48. The average Bonchev–Trinajstić information content (AvgIpc) is 3.29. The number of carbonyl (C=O) groups excluding carboxylic acids is 1. The third kappa shape index (κ3) is 3.28. The number of likely N-dealkylation sites (tertiary alicyclic amines) is 2. The Morgan fingerprint density at radius 2 is 1.83 bits per heavy atom. The van der Waals surface area contributed by atoms with E-state index in [1.165, 1.54) is 16.5 Å². The molecule has 3 aliphatic rings. The van der Waals surface area contributed by atoms with Gasteiger partial charge in [-0.2, -0.15) is 0 Å². The van der Waals surface area contributed by atoms with Gasteiger partial charge < -0.3 is 14.6 Å². The number of fused-ring (bicyclic) bond motifs is 1. The zero-order chi connectivity index (χ0) is 20.0. The Hall–Kier alpha value is -1.85. The standard InChI is InChI=1S/C24H33N3O2/c1-25-15-10-19-5-4-18(16-22(19)25)17-26-13-2-11-24(26)12-3-14-27(23(24)29)20-6-8-21(28)9-7-20/h4-5,10,15-16,20-21,28H,2-3,6-9,11-14,17H2,1H3. The van der Waals surface area contributed by atoms with Crippen molar-refractivity contribution in [2.75, 3.05) is 13.1 Å². The lowest BCUT2D eigenvalue weighted by Crippen LogP contribution is -2.62. The molecule has 1 aliphatic carbocycles. The van der Waals surface area contributed by atoms with Gasteiger partial charge in [0.2, 0.25) is 5.91 Å². The molecule has 2 saturated heterocycles. The van der Waals surface area contributed by atoms with Gasteiger partial charge >= 0.3 is 0 Å². The molecule has 29 heavy (non-hydrogen) atoms. The highest BCUT2D eigenvalue weighted by molar-refractivity contribution is 5.88. The highest BCUT2D eigenvalue weighted by atomic mass is 16.3. The van der Waals surface area contributed by atoms with E-state index in [4.69, 9.17) is 0 Å². The second-order valence-electron chi connectivity index (χ2n) is 9.44. The number of aromatic nitrogens is 1. The number of aliphatic hydroxyl groups excluding tert-OH is 1. The predicted molar refractivity (Wildman–Crippen MR) is 115 cm³/mol. The number of benzene rings is 1. The number of amides is 1. The molecule has 1 aromatic carbocycles. The fraction of sp³-hybridized carbons (Fsp3) is 0.625. The maximum absolute atomic E-state index is 13.8. The Morgan fingerprint density at radius 3 is 2.62 bits per heavy atom. The van der Waals surface area contributed by atoms with Crippen LogP contribution in [0.2, 0.25) is 0 Å². The number of aliphatic hydroxyl groups is 1. The van der Waals surface area contributed by atoms with E-state index in [9.17, 15) is 9.90 Å². The van der Waals surface area contributed by atoms with Gasteiger partial charge in [-0.05, 0) is 81.0 Å². The Morgan fingerprint density at radius 1 is 1.07 bits per heavy atom. The maximum Gasteiger partial charge on any atom is 0.243 e. The summed E-state index contributed by atoms with van der Waals surface area (Å²) in [5.41, 5.74) is 2.25. The van der Waals surface area contributed by atoms with Crippen molar-refractivity contribution in [2.45, 2.75) is 75.6 Å². The molecule has 1 saturated carbocycles. The number of hydrogen-bond acceptors (Lipinski definition) is 3. The Bertz CT molecular complexity index is 899. The average molecular weight is 396 g/mol. The number of carbonyl (C=O) groups is 1. The van der Waals surface area contributed by atoms with Crippen LogP contribution in [-0.2, 0) is 18.4 Å². The first-order valence-electron chi connectivity index (χ1n) is 11.3. The molecule has 156 valence electrons. The van der Waals surface area contributed by atoms with Gasteiger partial charge in [-0.15, -0.1) is 0 Å². The van der Waals surface area contributed by atoms with Crippen molar-refractivity contribution in [3.63, 3.8) is 0 Å². The minimum Gasteiger partial charge on any atom is -0.393 e. The summed E-state index contributed by atoms with van der Waals surface area (Å²) in [7, 11) is 2.09. The second kappa shape index (κ2) is 7.44. The van der Waals surface area contributed by atoms with Crippen LogP contribution in [0, 0.1) is 0 Å². The van der Waals surface area contributed by atoms with Gasteiger partial charge in [0.05, 0.1) is 6.10 Å². The van der Waals surface area contributed by atoms with Crippen LogP contribution in [0.1, 0.15) is 56.9 Å². The molecule has 5 nitrogen and oxygen atoms in total. The Balaban J connectivity index is 1.37. The molecule has 2 aromatic rings.